The molecule has 0 nitrogen and oxygen atoms in total. The first-order valence-electron chi connectivity index (χ1n) is 10.7. The molecule has 1 aliphatic rings. The predicted molar refractivity (Wildman–Crippen MR) is 147 cm³/mol. The van der Waals surface area contributed by atoms with Gasteiger partial charge in [-0.15, -0.1) is 0 Å². The van der Waals surface area contributed by atoms with Crippen molar-refractivity contribution < 1.29 is 0 Å². The lowest BCUT2D eigenvalue weighted by atomic mass is 9.68. The summed E-state index contributed by atoms with van der Waals surface area (Å²) in [6, 6.07) is 11.0. The summed E-state index contributed by atoms with van der Waals surface area (Å²) in [5.74, 6) is 4.45. The molecule has 0 aliphatic heterocycles. The summed E-state index contributed by atoms with van der Waals surface area (Å²) in [4.78, 5) is 0. The zero-order valence-corrected chi connectivity index (χ0v) is 23.9. The molecule has 1 fully saturated rings. The van der Waals surface area contributed by atoms with Gasteiger partial charge < -0.3 is 0 Å². The molecule has 0 spiro atoms. The van der Waals surface area contributed by atoms with Crippen LogP contribution in [0.1, 0.15) is 71.8 Å². The molecular weight excluding hydrogens is 669 g/mol. The Kier molecular flexibility index (Phi) is 10.7. The second-order valence-electron chi connectivity index (χ2n) is 9.38. The highest BCUT2D eigenvalue weighted by Crippen LogP contribution is 2.46. The minimum Gasteiger partial charge on any atom is -0.0826 e. The first-order chi connectivity index (χ1) is 12.7. The van der Waals surface area contributed by atoms with Gasteiger partial charge in [-0.1, -0.05) is 132 Å². The van der Waals surface area contributed by atoms with Crippen molar-refractivity contribution in [3.63, 3.8) is 0 Å². The molecule has 1 saturated carbocycles. The quantitative estimate of drug-likeness (QED) is 0.159. The van der Waals surface area contributed by atoms with E-state index >= 15 is 0 Å². The second kappa shape index (κ2) is 11.7. The highest BCUT2D eigenvalue weighted by atomic mass is 127. The summed E-state index contributed by atoms with van der Waals surface area (Å²) in [6.07, 6.45) is 9.78. The van der Waals surface area contributed by atoms with Crippen molar-refractivity contribution in [2.75, 3.05) is 0 Å². The van der Waals surface area contributed by atoms with Gasteiger partial charge in [0.2, 0.25) is 0 Å². The van der Waals surface area contributed by atoms with Gasteiger partial charge in [0.05, 0.1) is 1.43 Å². The van der Waals surface area contributed by atoms with Crippen molar-refractivity contribution in [2.45, 2.75) is 78.0 Å². The van der Waals surface area contributed by atoms with Crippen LogP contribution in [0, 0.1) is 29.6 Å². The van der Waals surface area contributed by atoms with Crippen molar-refractivity contribution in [2.24, 2.45) is 29.6 Å². The normalized spacial score (nSPS) is 22.7. The van der Waals surface area contributed by atoms with Crippen LogP contribution in [0.5, 0.6) is 0 Å². The Morgan fingerprint density at radius 2 is 1.63 bits per heavy atom. The van der Waals surface area contributed by atoms with E-state index < -0.39 is 0 Å². The summed E-state index contributed by atoms with van der Waals surface area (Å²) < 4.78 is 1.19. The fraction of sp³-hybridized carbons (Fsp3) is 0.750. The number of rotatable bonds is 11. The molecule has 0 heterocycles. The molecule has 0 N–H and O–H groups in total. The van der Waals surface area contributed by atoms with Crippen molar-refractivity contribution in [1.29, 1.82) is 0 Å². The lowest BCUT2D eigenvalue weighted by molar-refractivity contribution is 0.133. The molecule has 2 unspecified atom stereocenters. The van der Waals surface area contributed by atoms with Crippen molar-refractivity contribution >= 4 is 67.8 Å². The van der Waals surface area contributed by atoms with Gasteiger partial charge in [-0.2, -0.15) is 0 Å². The van der Waals surface area contributed by atoms with Crippen LogP contribution in [-0.2, 0) is 6.42 Å². The van der Waals surface area contributed by atoms with Crippen LogP contribution in [0.25, 0.3) is 0 Å². The van der Waals surface area contributed by atoms with Crippen LogP contribution in [0.3, 0.4) is 0 Å². The highest BCUT2D eigenvalue weighted by Gasteiger charge is 2.36. The molecule has 2 rings (SSSR count). The fourth-order valence-electron chi connectivity index (χ4n) is 4.59. The molecule has 27 heavy (non-hydrogen) atoms. The van der Waals surface area contributed by atoms with Gasteiger partial charge in [-0.3, -0.25) is 0 Å². The molecule has 0 bridgehead atoms. The molecular formula is C24H37I3. The zero-order chi connectivity index (χ0) is 20.0. The SMILES string of the molecule is CC(C)C1CC(CC(I)CCCC(C(C)C)C(I)(I)Cc2ccccc2)C1. The van der Waals surface area contributed by atoms with Crippen LogP contribution >= 0.6 is 67.8 Å². The van der Waals surface area contributed by atoms with Crippen molar-refractivity contribution in [1.82, 2.24) is 0 Å². The molecule has 1 aliphatic carbocycles. The van der Waals surface area contributed by atoms with Gasteiger partial charge >= 0.3 is 0 Å². The molecule has 3 heteroatoms. The Morgan fingerprint density at radius 3 is 2.19 bits per heavy atom. The van der Waals surface area contributed by atoms with Gasteiger partial charge in [0.15, 0.2) is 0 Å². The molecule has 0 amide bonds. The van der Waals surface area contributed by atoms with Crippen LogP contribution in [-0.4, -0.2) is 5.35 Å². The summed E-state index contributed by atoms with van der Waals surface area (Å²) in [5.41, 5.74) is 1.48. The number of halogens is 3. The van der Waals surface area contributed by atoms with E-state index in [0.717, 1.165) is 33.5 Å². The molecule has 0 radical (unpaired) electrons. The Hall–Kier alpha value is 1.41. The van der Waals surface area contributed by atoms with E-state index in [0.29, 0.717) is 1.43 Å². The predicted octanol–water partition coefficient (Wildman–Crippen LogP) is 9.11. The lowest BCUT2D eigenvalue weighted by Gasteiger charge is -2.39. The van der Waals surface area contributed by atoms with E-state index in [4.69, 9.17) is 0 Å². The van der Waals surface area contributed by atoms with E-state index in [1.807, 2.05) is 0 Å². The Labute approximate surface area is 209 Å². The molecule has 1 aromatic carbocycles. The molecule has 0 saturated heterocycles. The molecule has 1 aromatic rings. The van der Waals surface area contributed by atoms with Crippen LogP contribution in [0.15, 0.2) is 30.3 Å². The Morgan fingerprint density at radius 1 is 1.00 bits per heavy atom. The van der Waals surface area contributed by atoms with Crippen molar-refractivity contribution in [3.8, 4) is 0 Å². The van der Waals surface area contributed by atoms with E-state index in [2.05, 4.69) is 126 Å². The Balaban J connectivity index is 1.77. The molecule has 154 valence electrons. The number of hydrogen-bond donors (Lipinski definition) is 0. The molecule has 0 aromatic heterocycles. The third-order valence-electron chi connectivity index (χ3n) is 6.47. The average Bonchev–Trinajstić information content (AvgIpc) is 2.54. The van der Waals surface area contributed by atoms with E-state index in [-0.39, 0.29) is 0 Å². The highest BCUT2D eigenvalue weighted by molar-refractivity contribution is 14.2. The minimum atomic E-state index is 0.310. The van der Waals surface area contributed by atoms with Gasteiger partial charge in [-0.25, -0.2) is 0 Å². The van der Waals surface area contributed by atoms with E-state index in [1.54, 1.807) is 0 Å². The largest absolute Gasteiger partial charge is 0.0826 e. The maximum absolute atomic E-state index is 2.74. The second-order valence-corrected chi connectivity index (χ2v) is 17.1. The van der Waals surface area contributed by atoms with Gasteiger partial charge in [-0.05, 0) is 73.7 Å². The number of benzene rings is 1. The summed E-state index contributed by atoms with van der Waals surface area (Å²) >= 11 is 8.22. The van der Waals surface area contributed by atoms with Crippen molar-refractivity contribution in [3.05, 3.63) is 35.9 Å². The topological polar surface area (TPSA) is 0 Å². The lowest BCUT2D eigenvalue weighted by Crippen LogP contribution is -2.31. The number of alkyl halides is 3. The first kappa shape index (κ1) is 24.7. The summed E-state index contributed by atoms with van der Waals surface area (Å²) in [7, 11) is 0. The maximum atomic E-state index is 2.74. The van der Waals surface area contributed by atoms with Gasteiger partial charge in [0.1, 0.15) is 0 Å². The van der Waals surface area contributed by atoms with E-state index in [1.165, 1.54) is 50.5 Å². The summed E-state index contributed by atoms with van der Waals surface area (Å²) in [5, 5.41) is 0. The van der Waals surface area contributed by atoms with Crippen LogP contribution < -0.4 is 0 Å². The van der Waals surface area contributed by atoms with Crippen LogP contribution in [0.2, 0.25) is 0 Å². The standard InChI is InChI=1S/C24H37I3/c1-17(2)21-13-20(14-21)15-22(25)11-8-12-23(18(3)4)24(26,27)16-19-9-6-5-7-10-19/h5-7,9-10,17-18,20-23H,8,11-16H2,1-4H3. The summed E-state index contributed by atoms with van der Waals surface area (Å²) in [6.45, 7) is 9.63. The zero-order valence-electron chi connectivity index (χ0n) is 17.4. The maximum Gasteiger partial charge on any atom is 0.0805 e. The monoisotopic (exact) mass is 706 g/mol. The Bertz CT molecular complexity index is 532. The van der Waals surface area contributed by atoms with E-state index in [9.17, 15) is 0 Å². The average molecular weight is 706 g/mol. The van der Waals surface area contributed by atoms with Crippen LogP contribution in [0.4, 0.5) is 0 Å². The number of hydrogen-bond acceptors (Lipinski definition) is 0. The first-order valence-corrected chi connectivity index (χ1v) is 14.1. The van der Waals surface area contributed by atoms with Gasteiger partial charge in [0, 0.05) is 3.92 Å². The third-order valence-corrected chi connectivity index (χ3v) is 9.96. The third kappa shape index (κ3) is 8.22. The smallest absolute Gasteiger partial charge is 0.0805 e. The fourth-order valence-corrected chi connectivity index (χ4v) is 8.70. The van der Waals surface area contributed by atoms with Gasteiger partial charge in [0.25, 0.3) is 0 Å². The molecule has 2 atom stereocenters. The minimum absolute atomic E-state index is 0.310.